The Morgan fingerprint density at radius 2 is 1.93 bits per heavy atom. The smallest absolute Gasteiger partial charge is 0.411 e. The molecule has 1 aliphatic rings. The van der Waals surface area contributed by atoms with E-state index in [0.29, 0.717) is 6.42 Å². The molecule has 15 heavy (non-hydrogen) atoms. The maximum atomic E-state index is 11.6. The van der Waals surface area contributed by atoms with Crippen LogP contribution in [0.4, 0.5) is 4.79 Å². The van der Waals surface area contributed by atoms with E-state index >= 15 is 0 Å². The number of carboxylic acids is 1. The fraction of sp³-hybridized carbons (Fsp3) is 0.800. The van der Waals surface area contributed by atoms with Crippen molar-refractivity contribution >= 4 is 12.1 Å². The van der Waals surface area contributed by atoms with Crippen LogP contribution >= 0.6 is 0 Å². The highest BCUT2D eigenvalue weighted by Crippen LogP contribution is 2.27. The van der Waals surface area contributed by atoms with Crippen molar-refractivity contribution in [2.45, 2.75) is 51.8 Å². The van der Waals surface area contributed by atoms with Gasteiger partial charge in [0.05, 0.1) is 0 Å². The molecule has 1 amide bonds. The Hall–Kier alpha value is -1.26. The zero-order chi connectivity index (χ0) is 11.8. The fourth-order valence-corrected chi connectivity index (χ4v) is 1.56. The molecule has 1 fully saturated rings. The number of rotatable bonds is 1. The van der Waals surface area contributed by atoms with Crippen molar-refractivity contribution in [1.29, 1.82) is 0 Å². The maximum absolute atomic E-state index is 11.6. The van der Waals surface area contributed by atoms with Gasteiger partial charge in [-0.15, -0.1) is 0 Å². The minimum atomic E-state index is -0.973. The van der Waals surface area contributed by atoms with Gasteiger partial charge in [0.1, 0.15) is 11.6 Å². The van der Waals surface area contributed by atoms with Gasteiger partial charge in [0.2, 0.25) is 0 Å². The quantitative estimate of drug-likeness (QED) is 0.719. The average Bonchev–Trinajstić information content (AvgIpc) is 1.94. The van der Waals surface area contributed by atoms with E-state index in [2.05, 4.69) is 0 Å². The number of carbonyl (C=O) groups excluding carboxylic acids is 1. The maximum Gasteiger partial charge on any atom is 0.411 e. The van der Waals surface area contributed by atoms with E-state index in [1.807, 2.05) is 6.92 Å². The molecule has 1 rings (SSSR count). The van der Waals surface area contributed by atoms with Gasteiger partial charge in [-0.1, -0.05) is 0 Å². The summed E-state index contributed by atoms with van der Waals surface area (Å²) in [5.74, 6) is -0.973. The molecule has 0 saturated carbocycles. The normalized spacial score (nSPS) is 25.7. The number of hydrogen-bond donors (Lipinski definition) is 1. The molecular weight excluding hydrogens is 198 g/mol. The van der Waals surface area contributed by atoms with Crippen molar-refractivity contribution < 1.29 is 19.4 Å². The molecular formula is C10H17NO4. The van der Waals surface area contributed by atoms with Crippen molar-refractivity contribution in [3.63, 3.8) is 0 Å². The van der Waals surface area contributed by atoms with Gasteiger partial charge in [-0.2, -0.15) is 0 Å². The minimum Gasteiger partial charge on any atom is -0.480 e. The molecule has 1 N–H and O–H groups in total. The molecule has 0 unspecified atom stereocenters. The third kappa shape index (κ3) is 2.61. The van der Waals surface area contributed by atoms with Gasteiger partial charge >= 0.3 is 12.1 Å². The number of likely N-dealkylation sites (tertiary alicyclic amines) is 1. The SMILES string of the molecule is C[C@H]1C[C@@H](C(=O)O)N1C(=O)OC(C)(C)C. The van der Waals surface area contributed by atoms with Crippen LogP contribution in [0.3, 0.4) is 0 Å². The second-order valence-corrected chi connectivity index (χ2v) is 4.83. The van der Waals surface area contributed by atoms with Crippen LogP contribution < -0.4 is 0 Å². The van der Waals surface area contributed by atoms with Crippen LogP contribution in [0.2, 0.25) is 0 Å². The van der Waals surface area contributed by atoms with Crippen molar-refractivity contribution in [3.8, 4) is 0 Å². The Kier molecular flexibility index (Phi) is 2.93. The van der Waals surface area contributed by atoms with Crippen LogP contribution in [-0.4, -0.2) is 39.8 Å². The van der Waals surface area contributed by atoms with Gasteiger partial charge in [0.25, 0.3) is 0 Å². The molecule has 5 nitrogen and oxygen atoms in total. The molecule has 1 aliphatic heterocycles. The lowest BCUT2D eigenvalue weighted by Crippen LogP contribution is -2.61. The highest BCUT2D eigenvalue weighted by atomic mass is 16.6. The van der Waals surface area contributed by atoms with Crippen LogP contribution in [0, 0.1) is 0 Å². The first-order valence-corrected chi connectivity index (χ1v) is 4.96. The van der Waals surface area contributed by atoms with Gasteiger partial charge in [0.15, 0.2) is 0 Å². The van der Waals surface area contributed by atoms with E-state index in [4.69, 9.17) is 9.84 Å². The highest BCUT2D eigenvalue weighted by molar-refractivity contribution is 5.82. The number of aliphatic carboxylic acids is 1. The number of carboxylic acid groups (broad SMARTS) is 1. The first-order valence-electron chi connectivity index (χ1n) is 4.96. The van der Waals surface area contributed by atoms with Gasteiger partial charge in [0, 0.05) is 6.04 Å². The number of hydrogen-bond acceptors (Lipinski definition) is 3. The van der Waals surface area contributed by atoms with E-state index in [9.17, 15) is 9.59 Å². The summed E-state index contributed by atoms with van der Waals surface area (Å²) in [5.41, 5.74) is -0.588. The Morgan fingerprint density at radius 3 is 2.27 bits per heavy atom. The monoisotopic (exact) mass is 215 g/mol. The van der Waals surface area contributed by atoms with Crippen LogP contribution in [0.5, 0.6) is 0 Å². The predicted molar refractivity (Wildman–Crippen MR) is 53.6 cm³/mol. The van der Waals surface area contributed by atoms with Gasteiger partial charge < -0.3 is 9.84 Å². The number of nitrogens with zero attached hydrogens (tertiary/aromatic N) is 1. The Labute approximate surface area is 89.0 Å². The van der Waals surface area contributed by atoms with Crippen molar-refractivity contribution in [3.05, 3.63) is 0 Å². The van der Waals surface area contributed by atoms with Crippen LogP contribution in [0.15, 0.2) is 0 Å². The number of ether oxygens (including phenoxy) is 1. The number of carbonyl (C=O) groups is 2. The standard InChI is InChI=1S/C10H17NO4/c1-6-5-7(8(12)13)11(6)9(14)15-10(2,3)4/h6-7H,5H2,1-4H3,(H,12,13)/t6-,7-/m0/s1. The van der Waals surface area contributed by atoms with Crippen molar-refractivity contribution in [2.24, 2.45) is 0 Å². The van der Waals surface area contributed by atoms with Gasteiger partial charge in [-0.25, -0.2) is 9.59 Å². The average molecular weight is 215 g/mol. The first kappa shape index (κ1) is 11.8. The Morgan fingerprint density at radius 1 is 1.40 bits per heavy atom. The molecule has 86 valence electrons. The zero-order valence-corrected chi connectivity index (χ0v) is 9.48. The lowest BCUT2D eigenvalue weighted by Gasteiger charge is -2.44. The van der Waals surface area contributed by atoms with Gasteiger partial charge in [-0.3, -0.25) is 4.90 Å². The van der Waals surface area contributed by atoms with E-state index in [1.54, 1.807) is 20.8 Å². The molecule has 1 heterocycles. The summed E-state index contributed by atoms with van der Waals surface area (Å²) in [6.07, 6.45) is -0.0529. The van der Waals surface area contributed by atoms with E-state index in [-0.39, 0.29) is 6.04 Å². The Balaban J connectivity index is 2.62. The fourth-order valence-electron chi connectivity index (χ4n) is 1.56. The molecule has 0 aromatic heterocycles. The largest absolute Gasteiger partial charge is 0.480 e. The molecule has 5 heteroatoms. The van der Waals surface area contributed by atoms with Crippen LogP contribution in [0.1, 0.15) is 34.1 Å². The number of amides is 1. The van der Waals surface area contributed by atoms with E-state index in [1.165, 1.54) is 4.90 Å². The summed E-state index contributed by atoms with van der Waals surface area (Å²) in [6.45, 7) is 7.07. The lowest BCUT2D eigenvalue weighted by atomic mass is 9.95. The summed E-state index contributed by atoms with van der Waals surface area (Å²) < 4.78 is 5.12. The predicted octanol–water partition coefficient (Wildman–Crippen LogP) is 1.47. The molecule has 0 radical (unpaired) electrons. The zero-order valence-electron chi connectivity index (χ0n) is 9.48. The summed E-state index contributed by atoms with van der Waals surface area (Å²) in [4.78, 5) is 23.6. The van der Waals surface area contributed by atoms with Crippen molar-refractivity contribution in [1.82, 2.24) is 4.90 Å². The van der Waals surface area contributed by atoms with Gasteiger partial charge in [-0.05, 0) is 34.1 Å². The molecule has 1 saturated heterocycles. The topological polar surface area (TPSA) is 66.8 Å². The van der Waals surface area contributed by atoms with Crippen molar-refractivity contribution in [2.75, 3.05) is 0 Å². The molecule has 0 bridgehead atoms. The third-order valence-electron chi connectivity index (χ3n) is 2.26. The molecule has 0 aromatic rings. The highest BCUT2D eigenvalue weighted by Gasteiger charge is 2.45. The summed E-state index contributed by atoms with van der Waals surface area (Å²) >= 11 is 0. The molecule has 2 atom stereocenters. The summed E-state index contributed by atoms with van der Waals surface area (Å²) in [5, 5.41) is 8.82. The molecule has 0 spiro atoms. The lowest BCUT2D eigenvalue weighted by molar-refractivity contribution is -0.150. The second kappa shape index (κ2) is 3.72. The summed E-state index contributed by atoms with van der Waals surface area (Å²) in [6, 6.07) is -0.782. The summed E-state index contributed by atoms with van der Waals surface area (Å²) in [7, 11) is 0. The molecule has 0 aromatic carbocycles. The first-order chi connectivity index (χ1) is 6.72. The third-order valence-corrected chi connectivity index (χ3v) is 2.26. The van der Waals surface area contributed by atoms with Crippen LogP contribution in [-0.2, 0) is 9.53 Å². The Bertz CT molecular complexity index is 282. The minimum absolute atomic E-state index is 0.0547. The van der Waals surface area contributed by atoms with E-state index in [0.717, 1.165) is 0 Å². The molecule has 0 aliphatic carbocycles. The van der Waals surface area contributed by atoms with E-state index < -0.39 is 23.7 Å². The second-order valence-electron chi connectivity index (χ2n) is 4.83. The van der Waals surface area contributed by atoms with Crippen LogP contribution in [0.25, 0.3) is 0 Å².